The number of halogens is 1. The largest absolute Gasteiger partial charge is 0.379 e. The molecule has 1 N–H and O–H groups in total. The molecule has 68 valence electrons. The summed E-state index contributed by atoms with van der Waals surface area (Å²) in [5.74, 6) is 0. The maximum absolute atomic E-state index is 9.35. The van der Waals surface area contributed by atoms with E-state index >= 15 is 0 Å². The second kappa shape index (κ2) is 5.77. The van der Waals surface area contributed by atoms with E-state index in [4.69, 9.17) is 4.74 Å². The molecule has 1 aliphatic heterocycles. The minimum Gasteiger partial charge on any atom is -0.379 e. The van der Waals surface area contributed by atoms with E-state index in [1.807, 2.05) is 11.8 Å². The van der Waals surface area contributed by atoms with Crippen molar-refractivity contribution in [1.29, 1.82) is 0 Å². The summed E-state index contributed by atoms with van der Waals surface area (Å²) in [6.07, 6.45) is 0.545. The van der Waals surface area contributed by atoms with Crippen LogP contribution in [0.2, 0.25) is 0 Å². The molecular formula is C7H16ClNO2. The summed E-state index contributed by atoms with van der Waals surface area (Å²) in [4.78, 5) is 2.05. The molecule has 1 saturated heterocycles. The molecule has 0 bridgehead atoms. The molecule has 1 aliphatic rings. The molecule has 0 radical (unpaired) electrons. The average Bonchev–Trinajstić information content (AvgIpc) is 2.05. The van der Waals surface area contributed by atoms with Crippen LogP contribution in [0.4, 0.5) is 0 Å². The van der Waals surface area contributed by atoms with Crippen molar-refractivity contribution < 1.29 is 9.84 Å². The van der Waals surface area contributed by atoms with E-state index in [2.05, 4.69) is 0 Å². The first-order valence-electron chi connectivity index (χ1n) is 3.84. The number of aliphatic hydroxyl groups is 1. The standard InChI is InChI=1S/C7H15NO2.ClH/c1-2-7(9)8-3-5-10-6-4-8;/h7,9H,2-6H2,1H3;1H. The minimum absolute atomic E-state index is 0. The van der Waals surface area contributed by atoms with Gasteiger partial charge in [0.1, 0.15) is 6.23 Å². The molecule has 0 aromatic heterocycles. The monoisotopic (exact) mass is 181 g/mol. The summed E-state index contributed by atoms with van der Waals surface area (Å²) in [5, 5.41) is 9.35. The molecular weight excluding hydrogens is 166 g/mol. The summed E-state index contributed by atoms with van der Waals surface area (Å²) < 4.78 is 5.14. The quantitative estimate of drug-likeness (QED) is 0.673. The zero-order valence-electron chi connectivity index (χ0n) is 6.82. The Kier molecular flexibility index (Phi) is 5.86. The van der Waals surface area contributed by atoms with E-state index in [0.29, 0.717) is 0 Å². The molecule has 1 heterocycles. The van der Waals surface area contributed by atoms with Gasteiger partial charge in [-0.3, -0.25) is 4.90 Å². The van der Waals surface area contributed by atoms with Gasteiger partial charge in [0.05, 0.1) is 13.2 Å². The van der Waals surface area contributed by atoms with Crippen LogP contribution < -0.4 is 0 Å². The van der Waals surface area contributed by atoms with Gasteiger partial charge in [-0.25, -0.2) is 0 Å². The lowest BCUT2D eigenvalue weighted by atomic mass is 10.3. The highest BCUT2D eigenvalue weighted by molar-refractivity contribution is 5.85. The van der Waals surface area contributed by atoms with Crippen LogP contribution in [0.15, 0.2) is 0 Å². The SMILES string of the molecule is CCC(O)N1CCOCC1.Cl. The number of rotatable bonds is 2. The number of hydrogen-bond donors (Lipinski definition) is 1. The van der Waals surface area contributed by atoms with Crippen molar-refractivity contribution in [3.8, 4) is 0 Å². The van der Waals surface area contributed by atoms with Crippen molar-refractivity contribution in [2.24, 2.45) is 0 Å². The van der Waals surface area contributed by atoms with Crippen molar-refractivity contribution in [3.05, 3.63) is 0 Å². The number of hydrogen-bond acceptors (Lipinski definition) is 3. The van der Waals surface area contributed by atoms with Crippen molar-refractivity contribution >= 4 is 12.4 Å². The third-order valence-corrected chi connectivity index (χ3v) is 1.83. The van der Waals surface area contributed by atoms with E-state index in [0.717, 1.165) is 32.7 Å². The van der Waals surface area contributed by atoms with Crippen molar-refractivity contribution in [3.63, 3.8) is 0 Å². The Bertz CT molecular complexity index is 96.4. The van der Waals surface area contributed by atoms with Crippen molar-refractivity contribution in [2.45, 2.75) is 19.6 Å². The Balaban J connectivity index is 0.000001000. The molecule has 0 aromatic rings. The Hall–Kier alpha value is 0.170. The Morgan fingerprint density at radius 3 is 2.45 bits per heavy atom. The Morgan fingerprint density at radius 1 is 1.45 bits per heavy atom. The second-order valence-electron chi connectivity index (χ2n) is 2.54. The molecule has 1 unspecified atom stereocenters. The predicted molar refractivity (Wildman–Crippen MR) is 45.9 cm³/mol. The molecule has 0 saturated carbocycles. The first-order chi connectivity index (χ1) is 4.84. The second-order valence-corrected chi connectivity index (χ2v) is 2.54. The minimum atomic E-state index is -0.260. The first-order valence-corrected chi connectivity index (χ1v) is 3.84. The fourth-order valence-electron chi connectivity index (χ4n) is 1.13. The predicted octanol–water partition coefficient (Wildman–Crippen LogP) is 0.469. The lowest BCUT2D eigenvalue weighted by molar-refractivity contribution is -0.0593. The number of ether oxygens (including phenoxy) is 1. The lowest BCUT2D eigenvalue weighted by Crippen LogP contribution is -2.43. The van der Waals surface area contributed by atoms with E-state index in [9.17, 15) is 5.11 Å². The molecule has 11 heavy (non-hydrogen) atoms. The van der Waals surface area contributed by atoms with Gasteiger partial charge in [-0.2, -0.15) is 0 Å². The number of morpholine rings is 1. The van der Waals surface area contributed by atoms with Gasteiger partial charge in [0.15, 0.2) is 0 Å². The van der Waals surface area contributed by atoms with Crippen LogP contribution in [0, 0.1) is 0 Å². The number of aliphatic hydroxyl groups excluding tert-OH is 1. The summed E-state index contributed by atoms with van der Waals surface area (Å²) in [7, 11) is 0. The van der Waals surface area contributed by atoms with Gasteiger partial charge < -0.3 is 9.84 Å². The molecule has 0 aromatic carbocycles. The van der Waals surface area contributed by atoms with Gasteiger partial charge in [-0.15, -0.1) is 12.4 Å². The average molecular weight is 182 g/mol. The molecule has 0 amide bonds. The molecule has 4 heteroatoms. The van der Waals surface area contributed by atoms with E-state index in [1.165, 1.54) is 0 Å². The van der Waals surface area contributed by atoms with Crippen LogP contribution in [0.1, 0.15) is 13.3 Å². The summed E-state index contributed by atoms with van der Waals surface area (Å²) in [6.45, 7) is 5.25. The van der Waals surface area contributed by atoms with Crippen LogP contribution >= 0.6 is 12.4 Å². The van der Waals surface area contributed by atoms with Crippen LogP contribution in [0.3, 0.4) is 0 Å². The van der Waals surface area contributed by atoms with E-state index in [1.54, 1.807) is 0 Å². The fraction of sp³-hybridized carbons (Fsp3) is 1.00. The molecule has 1 rings (SSSR count). The maximum atomic E-state index is 9.35. The summed E-state index contributed by atoms with van der Waals surface area (Å²) >= 11 is 0. The van der Waals surface area contributed by atoms with Gasteiger partial charge >= 0.3 is 0 Å². The molecule has 3 nitrogen and oxygen atoms in total. The van der Waals surface area contributed by atoms with Crippen LogP contribution in [0.5, 0.6) is 0 Å². The first kappa shape index (κ1) is 11.2. The molecule has 1 fully saturated rings. The smallest absolute Gasteiger partial charge is 0.107 e. The molecule has 1 atom stereocenters. The highest BCUT2D eigenvalue weighted by Crippen LogP contribution is 2.03. The van der Waals surface area contributed by atoms with Crippen LogP contribution in [-0.2, 0) is 4.74 Å². The highest BCUT2D eigenvalue weighted by atomic mass is 35.5. The van der Waals surface area contributed by atoms with Gasteiger partial charge in [0.2, 0.25) is 0 Å². The number of nitrogens with zero attached hydrogens (tertiary/aromatic N) is 1. The molecule has 0 aliphatic carbocycles. The Morgan fingerprint density at radius 2 is 2.00 bits per heavy atom. The van der Waals surface area contributed by atoms with E-state index in [-0.39, 0.29) is 18.6 Å². The topological polar surface area (TPSA) is 32.7 Å². The zero-order valence-corrected chi connectivity index (χ0v) is 7.64. The van der Waals surface area contributed by atoms with Gasteiger partial charge in [-0.05, 0) is 6.42 Å². The highest BCUT2D eigenvalue weighted by Gasteiger charge is 2.15. The van der Waals surface area contributed by atoms with E-state index < -0.39 is 0 Å². The van der Waals surface area contributed by atoms with Crippen molar-refractivity contribution in [1.82, 2.24) is 4.90 Å². The third kappa shape index (κ3) is 3.38. The van der Waals surface area contributed by atoms with Gasteiger partial charge in [0, 0.05) is 13.1 Å². The lowest BCUT2D eigenvalue weighted by Gasteiger charge is -2.30. The van der Waals surface area contributed by atoms with Gasteiger partial charge in [0.25, 0.3) is 0 Å². The third-order valence-electron chi connectivity index (χ3n) is 1.83. The van der Waals surface area contributed by atoms with Crippen molar-refractivity contribution in [2.75, 3.05) is 26.3 Å². The Labute approximate surface area is 73.7 Å². The fourth-order valence-corrected chi connectivity index (χ4v) is 1.13. The maximum Gasteiger partial charge on any atom is 0.107 e. The molecule has 0 spiro atoms. The summed E-state index contributed by atoms with van der Waals surface area (Å²) in [5.41, 5.74) is 0. The summed E-state index contributed by atoms with van der Waals surface area (Å²) in [6, 6.07) is 0. The van der Waals surface area contributed by atoms with Crippen LogP contribution in [-0.4, -0.2) is 42.5 Å². The van der Waals surface area contributed by atoms with Gasteiger partial charge in [-0.1, -0.05) is 6.92 Å². The van der Waals surface area contributed by atoms with Crippen LogP contribution in [0.25, 0.3) is 0 Å². The zero-order chi connectivity index (χ0) is 7.40. The normalized spacial score (nSPS) is 22.4.